The van der Waals surface area contributed by atoms with Gasteiger partial charge in [0, 0.05) is 0 Å². The average Bonchev–Trinajstić information content (AvgIpc) is 2.37. The quantitative estimate of drug-likeness (QED) is 0.578. The topological polar surface area (TPSA) is 26.3 Å². The first-order valence-corrected chi connectivity index (χ1v) is 4.19. The molecule has 0 aromatic rings. The molecule has 0 unspecified atom stereocenters. The van der Waals surface area contributed by atoms with E-state index in [4.69, 9.17) is 0 Å². The molecular formula is C8H12Cl3O2Ti. The summed E-state index contributed by atoms with van der Waals surface area (Å²) in [6.07, 6.45) is 5.45. The van der Waals surface area contributed by atoms with Crippen LogP contribution in [0.5, 0.6) is 0 Å². The number of carbonyl (C=O) groups is 1. The van der Waals surface area contributed by atoms with Gasteiger partial charge < -0.3 is 0 Å². The summed E-state index contributed by atoms with van der Waals surface area (Å²) >= 11 is 2.04. The second-order valence-corrected chi connectivity index (χ2v) is 3.31. The van der Waals surface area contributed by atoms with Crippen LogP contribution in [-0.4, -0.2) is 13.1 Å². The number of methoxy groups -OCH3 is 1. The molecule has 1 rings (SSSR count). The maximum atomic E-state index is 10.8. The van der Waals surface area contributed by atoms with E-state index >= 15 is 0 Å². The maximum Gasteiger partial charge on any atom is -0.147 e. The summed E-state index contributed by atoms with van der Waals surface area (Å²) in [4.78, 5) is 10.8. The van der Waals surface area contributed by atoms with Crippen LogP contribution in [0.4, 0.5) is 0 Å². The van der Waals surface area contributed by atoms with Crippen LogP contribution < -0.4 is 0 Å². The molecule has 0 atom stereocenters. The first-order chi connectivity index (χ1) is 5.24. The van der Waals surface area contributed by atoms with Gasteiger partial charge in [0.25, 0.3) is 0 Å². The van der Waals surface area contributed by atoms with E-state index < -0.39 is 0 Å². The summed E-state index contributed by atoms with van der Waals surface area (Å²) in [5, 5.41) is 0. The van der Waals surface area contributed by atoms with Gasteiger partial charge in [0.15, 0.2) is 0 Å². The monoisotopic (exact) mass is 293 g/mol. The van der Waals surface area contributed by atoms with Crippen molar-refractivity contribution in [3.63, 3.8) is 0 Å². The standard InChI is InChI=1S/C8H9O2.3ClH.Ti/c1-10-8(9)6-7-4-2-3-5-7;;;;/h2,4H,3,6H2,1H3;3*1H;. The van der Waals surface area contributed by atoms with Gasteiger partial charge in [0.2, 0.25) is 0 Å². The normalized spacial score (nSPS) is 12.3. The fourth-order valence-electron chi connectivity index (χ4n) is 0.944. The van der Waals surface area contributed by atoms with Crippen molar-refractivity contribution in [2.24, 2.45) is 0 Å². The molecule has 0 fully saturated rings. The van der Waals surface area contributed by atoms with Crippen LogP contribution in [0.25, 0.3) is 0 Å². The van der Waals surface area contributed by atoms with Gasteiger partial charge in [-0.1, -0.05) is 0 Å². The molecule has 0 aromatic carbocycles. The van der Waals surface area contributed by atoms with Crippen molar-refractivity contribution in [2.75, 3.05) is 7.11 Å². The van der Waals surface area contributed by atoms with Crippen molar-refractivity contribution in [1.82, 2.24) is 0 Å². The average molecular weight is 294 g/mol. The zero-order valence-corrected chi connectivity index (χ0v) is 11.6. The zero-order valence-electron chi connectivity index (χ0n) is 7.61. The number of ether oxygens (including phenoxy) is 1. The van der Waals surface area contributed by atoms with E-state index in [2.05, 4.69) is 10.8 Å². The Labute approximate surface area is 114 Å². The zero-order chi connectivity index (χ0) is 8.27. The number of esters is 1. The molecule has 0 N–H and O–H groups in total. The second-order valence-electron chi connectivity index (χ2n) is 2.36. The minimum Gasteiger partial charge on any atom is -0.147 e. The van der Waals surface area contributed by atoms with E-state index in [1.54, 1.807) is 0 Å². The first-order valence-electron chi connectivity index (χ1n) is 3.41. The fourth-order valence-corrected chi connectivity index (χ4v) is 1.40. The molecule has 81 valence electrons. The molecule has 14 heavy (non-hydrogen) atoms. The third-order valence-electron chi connectivity index (χ3n) is 1.59. The molecule has 1 aliphatic rings. The number of rotatable bonds is 2. The summed E-state index contributed by atoms with van der Waals surface area (Å²) in [5.74, 6) is -0.161. The number of hydrogen-bond donors (Lipinski definition) is 0. The predicted molar refractivity (Wildman–Crippen MR) is 59.2 cm³/mol. The molecule has 0 saturated carbocycles. The van der Waals surface area contributed by atoms with Crippen molar-refractivity contribution in [2.45, 2.75) is 12.8 Å². The molecule has 0 aliphatic heterocycles. The SMILES string of the molecule is COC(=O)CC1=[C]([Ti])CC=C1.Cl.Cl.Cl. The largest absolute Gasteiger partial charge is 0.147 e. The van der Waals surface area contributed by atoms with Gasteiger partial charge in [-0.05, 0) is 0 Å². The number of carbonyl (C=O) groups excluding carboxylic acids is 1. The van der Waals surface area contributed by atoms with Crippen molar-refractivity contribution in [3.8, 4) is 0 Å². The molecule has 0 amide bonds. The maximum absolute atomic E-state index is 10.8. The van der Waals surface area contributed by atoms with E-state index in [0.29, 0.717) is 6.42 Å². The van der Waals surface area contributed by atoms with Gasteiger partial charge in [-0.2, -0.15) is 0 Å². The van der Waals surface area contributed by atoms with Gasteiger partial charge in [-0.25, -0.2) is 0 Å². The molecule has 6 heteroatoms. The Morgan fingerprint density at radius 3 is 2.43 bits per heavy atom. The third-order valence-corrected chi connectivity index (χ3v) is 2.41. The molecule has 1 aliphatic carbocycles. The van der Waals surface area contributed by atoms with Crippen LogP contribution in [0.1, 0.15) is 12.8 Å². The van der Waals surface area contributed by atoms with Crippen LogP contribution in [-0.2, 0) is 30.0 Å². The minimum absolute atomic E-state index is 0. The summed E-state index contributed by atoms with van der Waals surface area (Å²) in [5.41, 5.74) is 1.11. The van der Waals surface area contributed by atoms with Crippen molar-refractivity contribution in [3.05, 3.63) is 21.6 Å². The van der Waals surface area contributed by atoms with Crippen molar-refractivity contribution >= 4 is 43.2 Å². The van der Waals surface area contributed by atoms with Crippen LogP contribution in [0, 0.1) is 0 Å². The van der Waals surface area contributed by atoms with Crippen LogP contribution in [0.3, 0.4) is 0 Å². The molecule has 0 heterocycles. The minimum atomic E-state index is -0.161. The van der Waals surface area contributed by atoms with Gasteiger partial charge in [0.1, 0.15) is 0 Å². The Morgan fingerprint density at radius 2 is 2.07 bits per heavy atom. The van der Waals surface area contributed by atoms with Crippen LogP contribution in [0.15, 0.2) is 21.6 Å². The molecule has 0 bridgehead atoms. The summed E-state index contributed by atoms with van der Waals surface area (Å²) in [6.45, 7) is 0. The van der Waals surface area contributed by atoms with Gasteiger partial charge in [0.05, 0.1) is 0 Å². The van der Waals surface area contributed by atoms with E-state index in [1.165, 1.54) is 11.0 Å². The summed E-state index contributed by atoms with van der Waals surface area (Å²) in [6, 6.07) is 0. The first kappa shape index (κ1) is 20.0. The number of allylic oxidation sites excluding steroid dienone is 3. The third kappa shape index (κ3) is 6.10. The summed E-state index contributed by atoms with van der Waals surface area (Å²) < 4.78 is 5.83. The molecule has 0 aromatic heterocycles. The van der Waals surface area contributed by atoms with E-state index in [9.17, 15) is 4.79 Å². The van der Waals surface area contributed by atoms with Crippen molar-refractivity contribution in [1.29, 1.82) is 0 Å². The molecular weight excluding hydrogens is 282 g/mol. The smallest absolute Gasteiger partial charge is 0.147 e. The van der Waals surface area contributed by atoms with Crippen molar-refractivity contribution < 1.29 is 30.0 Å². The van der Waals surface area contributed by atoms with Gasteiger partial charge in [-0.3, -0.25) is 0 Å². The van der Waals surface area contributed by atoms with E-state index in [1.807, 2.05) is 26.5 Å². The molecule has 0 radical (unpaired) electrons. The van der Waals surface area contributed by atoms with E-state index in [-0.39, 0.29) is 43.2 Å². The Morgan fingerprint density at radius 1 is 1.50 bits per heavy atom. The van der Waals surface area contributed by atoms with Gasteiger partial charge >= 0.3 is 77.5 Å². The molecule has 0 saturated heterocycles. The predicted octanol–water partition coefficient (Wildman–Crippen LogP) is 2.58. The molecule has 0 spiro atoms. The van der Waals surface area contributed by atoms with E-state index in [0.717, 1.165) is 12.0 Å². The Kier molecular flexibility index (Phi) is 14.4. The van der Waals surface area contributed by atoms with Crippen LogP contribution >= 0.6 is 37.2 Å². The number of hydrogen-bond acceptors (Lipinski definition) is 2. The number of halogens is 3. The van der Waals surface area contributed by atoms with Crippen LogP contribution in [0.2, 0.25) is 0 Å². The molecule has 2 nitrogen and oxygen atoms in total. The Balaban J connectivity index is -0.000000403. The summed E-state index contributed by atoms with van der Waals surface area (Å²) in [7, 11) is 1.41. The second kappa shape index (κ2) is 10.1. The Bertz CT molecular complexity index is 239. The fraction of sp³-hybridized carbons (Fsp3) is 0.375. The van der Waals surface area contributed by atoms with Gasteiger partial charge in [-0.15, -0.1) is 37.2 Å². The Hall–Kier alpha value is 0.534.